The lowest BCUT2D eigenvalue weighted by atomic mass is 10.1. The first-order valence-corrected chi connectivity index (χ1v) is 10.2. The van der Waals surface area contributed by atoms with E-state index in [0.717, 1.165) is 34.4 Å². The number of para-hydroxylation sites is 1. The van der Waals surface area contributed by atoms with Crippen LogP contribution in [-0.2, 0) is 6.54 Å². The lowest BCUT2D eigenvalue weighted by molar-refractivity contribution is 0.432. The van der Waals surface area contributed by atoms with Gasteiger partial charge in [-0.05, 0) is 24.6 Å². The number of aromatic nitrogens is 3. The van der Waals surface area contributed by atoms with Crippen LogP contribution >= 0.6 is 0 Å². The molecule has 0 saturated heterocycles. The van der Waals surface area contributed by atoms with Crippen LogP contribution in [0.2, 0.25) is 0 Å². The van der Waals surface area contributed by atoms with Crippen LogP contribution in [0.5, 0.6) is 0 Å². The van der Waals surface area contributed by atoms with Crippen LogP contribution in [0, 0.1) is 6.92 Å². The van der Waals surface area contributed by atoms with E-state index < -0.39 is 0 Å². The van der Waals surface area contributed by atoms with E-state index in [-0.39, 0.29) is 0 Å². The molecule has 0 aliphatic carbocycles. The third-order valence-electron chi connectivity index (χ3n) is 5.32. The molecular weight excluding hydrogens is 384 g/mol. The minimum atomic E-state index is 0.489. The molecule has 0 unspecified atom stereocenters. The Labute approximate surface area is 181 Å². The molecule has 5 heteroatoms. The van der Waals surface area contributed by atoms with Crippen molar-refractivity contribution in [2.75, 3.05) is 11.9 Å². The molecule has 0 radical (unpaired) electrons. The summed E-state index contributed by atoms with van der Waals surface area (Å²) < 4.78 is 5.69. The largest absolute Gasteiger partial charge is 0.355 e. The number of benzene rings is 3. The Hall–Kier alpha value is -3.99. The number of hydrogen-bond acceptors (Lipinski definition) is 5. The number of pyridine rings is 1. The third-order valence-corrected chi connectivity index (χ3v) is 5.32. The van der Waals surface area contributed by atoms with Crippen molar-refractivity contribution in [3.8, 4) is 22.8 Å². The lowest BCUT2D eigenvalue weighted by Crippen LogP contribution is -2.17. The van der Waals surface area contributed by atoms with Crippen molar-refractivity contribution in [3.05, 3.63) is 96.1 Å². The summed E-state index contributed by atoms with van der Waals surface area (Å²) in [6, 6.07) is 28.5. The van der Waals surface area contributed by atoms with Crippen LogP contribution in [0.15, 0.2) is 89.5 Å². The monoisotopic (exact) mass is 406 g/mol. The average Bonchev–Trinajstić information content (AvgIpc) is 3.29. The van der Waals surface area contributed by atoms with E-state index in [0.29, 0.717) is 11.7 Å². The van der Waals surface area contributed by atoms with Gasteiger partial charge in [0.05, 0.1) is 11.1 Å². The maximum Gasteiger partial charge on any atom is 0.259 e. The van der Waals surface area contributed by atoms with Crippen LogP contribution in [0.25, 0.3) is 33.7 Å². The normalized spacial score (nSPS) is 11.0. The molecular formula is C26H22N4O. The first-order valence-electron chi connectivity index (χ1n) is 10.2. The molecule has 0 atom stereocenters. The highest BCUT2D eigenvalue weighted by Crippen LogP contribution is 2.32. The molecule has 0 bridgehead atoms. The van der Waals surface area contributed by atoms with Gasteiger partial charge in [-0.25, -0.2) is 4.98 Å². The quantitative estimate of drug-likeness (QED) is 0.364. The maximum atomic E-state index is 5.69. The van der Waals surface area contributed by atoms with E-state index in [1.807, 2.05) is 79.8 Å². The Bertz CT molecular complexity index is 1330. The molecule has 5 nitrogen and oxygen atoms in total. The predicted octanol–water partition coefficient (Wildman–Crippen LogP) is 5.90. The number of hydrogen-bond donors (Lipinski definition) is 0. The number of rotatable bonds is 5. The molecule has 0 saturated carbocycles. The zero-order chi connectivity index (χ0) is 21.2. The summed E-state index contributed by atoms with van der Waals surface area (Å²) in [5, 5.41) is 5.21. The minimum Gasteiger partial charge on any atom is -0.355 e. The predicted molar refractivity (Wildman–Crippen MR) is 124 cm³/mol. The van der Waals surface area contributed by atoms with E-state index in [2.05, 4.69) is 29.1 Å². The summed E-state index contributed by atoms with van der Waals surface area (Å²) in [7, 11) is 2.04. The van der Waals surface area contributed by atoms with Gasteiger partial charge in [-0.2, -0.15) is 4.98 Å². The van der Waals surface area contributed by atoms with E-state index in [1.54, 1.807) is 0 Å². The zero-order valence-corrected chi connectivity index (χ0v) is 17.5. The van der Waals surface area contributed by atoms with Crippen LogP contribution in [0.4, 0.5) is 5.82 Å². The second-order valence-electron chi connectivity index (χ2n) is 7.68. The molecule has 5 rings (SSSR count). The first-order chi connectivity index (χ1) is 15.2. The summed E-state index contributed by atoms with van der Waals surface area (Å²) in [4.78, 5) is 11.7. The van der Waals surface area contributed by atoms with Gasteiger partial charge in [-0.15, -0.1) is 0 Å². The van der Waals surface area contributed by atoms with Crippen molar-refractivity contribution < 1.29 is 4.52 Å². The van der Waals surface area contributed by atoms with Crippen molar-refractivity contribution in [3.63, 3.8) is 0 Å². The summed E-state index contributed by atoms with van der Waals surface area (Å²) in [5.41, 5.74) is 5.12. The van der Waals surface area contributed by atoms with Gasteiger partial charge in [0.1, 0.15) is 5.82 Å². The fourth-order valence-electron chi connectivity index (χ4n) is 3.62. The number of nitrogens with zero attached hydrogens (tertiary/aromatic N) is 4. The van der Waals surface area contributed by atoms with Gasteiger partial charge in [-0.3, -0.25) is 0 Å². The Balaban J connectivity index is 1.56. The van der Waals surface area contributed by atoms with Gasteiger partial charge in [0.15, 0.2) is 0 Å². The van der Waals surface area contributed by atoms with Gasteiger partial charge < -0.3 is 9.42 Å². The average molecular weight is 406 g/mol. The number of fused-ring (bicyclic) bond motifs is 1. The molecule has 0 spiro atoms. The molecule has 152 valence electrons. The highest BCUT2D eigenvalue weighted by molar-refractivity contribution is 5.94. The molecule has 3 aromatic carbocycles. The van der Waals surface area contributed by atoms with Crippen LogP contribution in [-0.4, -0.2) is 22.2 Å². The van der Waals surface area contributed by atoms with Crippen LogP contribution in [0.1, 0.15) is 11.1 Å². The molecule has 2 heterocycles. The fraction of sp³-hybridized carbons (Fsp3) is 0.115. The van der Waals surface area contributed by atoms with Crippen molar-refractivity contribution >= 4 is 16.7 Å². The summed E-state index contributed by atoms with van der Waals surface area (Å²) in [6.07, 6.45) is 0. The molecule has 2 aromatic heterocycles. The smallest absolute Gasteiger partial charge is 0.259 e. The second-order valence-corrected chi connectivity index (χ2v) is 7.68. The zero-order valence-electron chi connectivity index (χ0n) is 17.5. The molecule has 0 N–H and O–H groups in total. The Kier molecular flexibility index (Phi) is 4.92. The minimum absolute atomic E-state index is 0.489. The van der Waals surface area contributed by atoms with Crippen molar-refractivity contribution in [2.45, 2.75) is 13.5 Å². The van der Waals surface area contributed by atoms with E-state index >= 15 is 0 Å². The van der Waals surface area contributed by atoms with Crippen molar-refractivity contribution in [2.24, 2.45) is 0 Å². The summed E-state index contributed by atoms with van der Waals surface area (Å²) >= 11 is 0. The molecule has 0 aliphatic heterocycles. The fourth-order valence-corrected chi connectivity index (χ4v) is 3.62. The van der Waals surface area contributed by atoms with Gasteiger partial charge in [-0.1, -0.05) is 83.5 Å². The Morgan fingerprint density at radius 1 is 0.839 bits per heavy atom. The summed E-state index contributed by atoms with van der Waals surface area (Å²) in [5.74, 6) is 1.92. The van der Waals surface area contributed by atoms with E-state index in [1.165, 1.54) is 11.1 Å². The second kappa shape index (κ2) is 8.03. The number of anilines is 1. The van der Waals surface area contributed by atoms with Gasteiger partial charge >= 0.3 is 0 Å². The Morgan fingerprint density at radius 3 is 2.39 bits per heavy atom. The highest BCUT2D eigenvalue weighted by atomic mass is 16.5. The van der Waals surface area contributed by atoms with Crippen LogP contribution < -0.4 is 4.90 Å². The molecule has 0 fully saturated rings. The SMILES string of the molecule is Cc1ccc(-c2noc(-c3cc(N(C)Cc4ccccc4)nc4ccccc34)n2)cc1. The van der Waals surface area contributed by atoms with E-state index in [4.69, 9.17) is 14.5 Å². The topological polar surface area (TPSA) is 55.1 Å². The van der Waals surface area contributed by atoms with Gasteiger partial charge in [0.2, 0.25) is 5.82 Å². The van der Waals surface area contributed by atoms with Crippen LogP contribution in [0.3, 0.4) is 0 Å². The van der Waals surface area contributed by atoms with Gasteiger partial charge in [0.25, 0.3) is 5.89 Å². The number of aryl methyl sites for hydroxylation is 1. The van der Waals surface area contributed by atoms with Crippen molar-refractivity contribution in [1.82, 2.24) is 15.1 Å². The molecule has 31 heavy (non-hydrogen) atoms. The first kappa shape index (κ1) is 19.0. The standard InChI is InChI=1S/C26H22N4O/c1-18-12-14-20(15-13-18)25-28-26(31-29-25)22-16-24(27-23-11-7-6-10-21(22)23)30(2)17-19-8-4-3-5-9-19/h3-16H,17H2,1-2H3. The molecule has 0 amide bonds. The lowest BCUT2D eigenvalue weighted by Gasteiger charge is -2.19. The van der Waals surface area contributed by atoms with Gasteiger partial charge in [0, 0.05) is 24.5 Å². The maximum absolute atomic E-state index is 5.69. The molecule has 0 aliphatic rings. The summed E-state index contributed by atoms with van der Waals surface area (Å²) in [6.45, 7) is 2.81. The third kappa shape index (κ3) is 3.90. The van der Waals surface area contributed by atoms with E-state index in [9.17, 15) is 0 Å². The molecule has 5 aromatic rings. The van der Waals surface area contributed by atoms with Crippen molar-refractivity contribution in [1.29, 1.82) is 0 Å². The Morgan fingerprint density at radius 2 is 1.58 bits per heavy atom. The highest BCUT2D eigenvalue weighted by Gasteiger charge is 2.17.